The second-order valence-corrected chi connectivity index (χ2v) is 10.5. The predicted molar refractivity (Wildman–Crippen MR) is 137 cm³/mol. The number of thioether (sulfide) groups is 1. The standard InChI is InChI=1S/C26H25N3O3S2/c1-16(24(30)29-26-22(15-27)21-8-3-4-9-23(21)34-26)33-20-7-5-6-18(14-20)28-25(31)17-10-12-19(32-2)13-11-17/h5-7,10-14,16H,3-4,8-9H2,1-2H3,(H,28,31)(H,29,30). The van der Waals surface area contributed by atoms with E-state index in [1.165, 1.54) is 28.0 Å². The quantitative estimate of drug-likeness (QED) is 0.403. The van der Waals surface area contributed by atoms with Crippen LogP contribution in [0.3, 0.4) is 0 Å². The van der Waals surface area contributed by atoms with Gasteiger partial charge in [0.05, 0.1) is 17.9 Å². The summed E-state index contributed by atoms with van der Waals surface area (Å²) in [5.74, 6) is 0.320. The van der Waals surface area contributed by atoms with E-state index < -0.39 is 0 Å². The number of benzene rings is 2. The van der Waals surface area contributed by atoms with E-state index >= 15 is 0 Å². The molecule has 1 aliphatic rings. The molecule has 3 aromatic rings. The van der Waals surface area contributed by atoms with E-state index in [0.29, 0.717) is 27.6 Å². The molecule has 1 aliphatic carbocycles. The van der Waals surface area contributed by atoms with Crippen LogP contribution in [-0.4, -0.2) is 24.2 Å². The summed E-state index contributed by atoms with van der Waals surface area (Å²) in [7, 11) is 1.58. The third-order valence-electron chi connectivity index (χ3n) is 5.65. The van der Waals surface area contributed by atoms with Gasteiger partial charge in [0.1, 0.15) is 16.8 Å². The first-order chi connectivity index (χ1) is 16.5. The minimum Gasteiger partial charge on any atom is -0.497 e. The van der Waals surface area contributed by atoms with E-state index in [9.17, 15) is 14.9 Å². The molecule has 174 valence electrons. The third-order valence-corrected chi connectivity index (χ3v) is 7.95. The van der Waals surface area contributed by atoms with E-state index in [-0.39, 0.29) is 17.1 Å². The molecule has 2 aromatic carbocycles. The number of rotatable bonds is 7. The van der Waals surface area contributed by atoms with Gasteiger partial charge in [-0.3, -0.25) is 9.59 Å². The van der Waals surface area contributed by atoms with Crippen LogP contribution >= 0.6 is 23.1 Å². The van der Waals surface area contributed by atoms with Gasteiger partial charge in [0, 0.05) is 21.0 Å². The molecule has 2 amide bonds. The van der Waals surface area contributed by atoms with Crippen LogP contribution in [0.1, 0.15) is 46.1 Å². The minimum absolute atomic E-state index is 0.146. The first-order valence-corrected chi connectivity index (χ1v) is 12.8. The van der Waals surface area contributed by atoms with Gasteiger partial charge in [-0.25, -0.2) is 0 Å². The van der Waals surface area contributed by atoms with Gasteiger partial charge >= 0.3 is 0 Å². The second-order valence-electron chi connectivity index (χ2n) is 7.99. The Morgan fingerprint density at radius 3 is 2.62 bits per heavy atom. The Labute approximate surface area is 207 Å². The van der Waals surface area contributed by atoms with Crippen LogP contribution in [0.4, 0.5) is 10.7 Å². The Hall–Kier alpha value is -3.28. The maximum absolute atomic E-state index is 12.9. The number of fused-ring (bicyclic) bond motifs is 1. The molecule has 0 fully saturated rings. The highest BCUT2D eigenvalue weighted by Gasteiger charge is 2.23. The fraction of sp³-hybridized carbons (Fsp3) is 0.269. The number of nitrogens with one attached hydrogen (secondary N) is 2. The number of aryl methyl sites for hydroxylation is 1. The SMILES string of the molecule is COc1ccc(C(=O)Nc2cccc(SC(C)C(=O)Nc3sc4c(c3C#N)CCCC4)c2)cc1. The minimum atomic E-state index is -0.377. The fourth-order valence-corrected chi connectivity index (χ4v) is 6.01. The first kappa shape index (κ1) is 23.9. The monoisotopic (exact) mass is 491 g/mol. The lowest BCUT2D eigenvalue weighted by Crippen LogP contribution is -2.22. The van der Waals surface area contributed by atoms with Crippen molar-refractivity contribution in [3.63, 3.8) is 0 Å². The van der Waals surface area contributed by atoms with Crippen LogP contribution in [0.15, 0.2) is 53.4 Å². The van der Waals surface area contributed by atoms with Crippen molar-refractivity contribution in [2.24, 2.45) is 0 Å². The van der Waals surface area contributed by atoms with Gasteiger partial charge in [0.15, 0.2) is 0 Å². The molecule has 1 unspecified atom stereocenters. The molecule has 0 saturated heterocycles. The van der Waals surface area contributed by atoms with Gasteiger partial charge in [-0.05, 0) is 80.6 Å². The highest BCUT2D eigenvalue weighted by molar-refractivity contribution is 8.00. The molecule has 0 spiro atoms. The van der Waals surface area contributed by atoms with Crippen molar-refractivity contribution >= 4 is 45.6 Å². The lowest BCUT2D eigenvalue weighted by Gasteiger charge is -2.13. The zero-order valence-corrected chi connectivity index (χ0v) is 20.6. The maximum atomic E-state index is 12.9. The summed E-state index contributed by atoms with van der Waals surface area (Å²) in [6, 6.07) is 16.6. The van der Waals surface area contributed by atoms with Gasteiger partial charge < -0.3 is 15.4 Å². The molecule has 1 atom stereocenters. The van der Waals surface area contributed by atoms with Gasteiger partial charge in [0.25, 0.3) is 5.91 Å². The summed E-state index contributed by atoms with van der Waals surface area (Å²) in [4.78, 5) is 27.5. The van der Waals surface area contributed by atoms with Crippen molar-refractivity contribution in [3.05, 3.63) is 70.1 Å². The van der Waals surface area contributed by atoms with Gasteiger partial charge in [0.2, 0.25) is 5.91 Å². The van der Waals surface area contributed by atoms with Gasteiger partial charge in [-0.15, -0.1) is 23.1 Å². The van der Waals surface area contributed by atoms with Crippen molar-refractivity contribution in [2.45, 2.75) is 42.8 Å². The number of hydrogen-bond acceptors (Lipinski definition) is 6. The molecule has 0 radical (unpaired) electrons. The molecule has 8 heteroatoms. The largest absolute Gasteiger partial charge is 0.497 e. The number of anilines is 2. The summed E-state index contributed by atoms with van der Waals surface area (Å²) in [5, 5.41) is 15.8. The summed E-state index contributed by atoms with van der Waals surface area (Å²) in [6.07, 6.45) is 4.10. The first-order valence-electron chi connectivity index (χ1n) is 11.1. The average molecular weight is 492 g/mol. The van der Waals surface area contributed by atoms with E-state index in [4.69, 9.17) is 4.74 Å². The zero-order valence-electron chi connectivity index (χ0n) is 19.0. The number of carbonyl (C=O) groups is 2. The second kappa shape index (κ2) is 10.8. The van der Waals surface area contributed by atoms with Crippen LogP contribution in [0.2, 0.25) is 0 Å². The van der Waals surface area contributed by atoms with Crippen molar-refractivity contribution < 1.29 is 14.3 Å². The van der Waals surface area contributed by atoms with E-state index in [1.807, 2.05) is 31.2 Å². The number of nitrogens with zero attached hydrogens (tertiary/aromatic N) is 1. The summed E-state index contributed by atoms with van der Waals surface area (Å²) < 4.78 is 5.13. The molecular formula is C26H25N3O3S2. The predicted octanol–water partition coefficient (Wildman–Crippen LogP) is 5.88. The normalized spacial score (nSPS) is 13.3. The van der Waals surface area contributed by atoms with Crippen LogP contribution in [0, 0.1) is 11.3 Å². The fourth-order valence-electron chi connectivity index (χ4n) is 3.84. The molecule has 4 rings (SSSR count). The van der Waals surface area contributed by atoms with Crippen molar-refractivity contribution in [1.29, 1.82) is 5.26 Å². The van der Waals surface area contributed by atoms with E-state index in [0.717, 1.165) is 36.1 Å². The number of thiophene rings is 1. The van der Waals surface area contributed by atoms with E-state index in [1.54, 1.807) is 31.4 Å². The lowest BCUT2D eigenvalue weighted by atomic mass is 9.96. The van der Waals surface area contributed by atoms with Crippen molar-refractivity contribution in [3.8, 4) is 11.8 Å². The molecule has 2 N–H and O–H groups in total. The smallest absolute Gasteiger partial charge is 0.255 e. The molecule has 1 heterocycles. The Bertz CT molecular complexity index is 1250. The summed E-state index contributed by atoms with van der Waals surface area (Å²) in [5.41, 5.74) is 2.90. The molecule has 34 heavy (non-hydrogen) atoms. The number of amides is 2. The number of ether oxygens (including phenoxy) is 1. The molecule has 0 bridgehead atoms. The van der Waals surface area contributed by atoms with Crippen LogP contribution in [0.5, 0.6) is 5.75 Å². The molecule has 0 saturated carbocycles. The number of carbonyl (C=O) groups excluding carboxylic acids is 2. The summed E-state index contributed by atoms with van der Waals surface area (Å²) >= 11 is 2.93. The third kappa shape index (κ3) is 5.44. The number of nitriles is 1. The Morgan fingerprint density at radius 2 is 1.88 bits per heavy atom. The van der Waals surface area contributed by atoms with Crippen LogP contribution in [0.25, 0.3) is 0 Å². The van der Waals surface area contributed by atoms with E-state index in [2.05, 4.69) is 16.7 Å². The Morgan fingerprint density at radius 1 is 1.12 bits per heavy atom. The molecular weight excluding hydrogens is 466 g/mol. The van der Waals surface area contributed by atoms with Crippen LogP contribution in [-0.2, 0) is 17.6 Å². The number of methoxy groups -OCH3 is 1. The lowest BCUT2D eigenvalue weighted by molar-refractivity contribution is -0.115. The average Bonchev–Trinajstić information content (AvgIpc) is 3.21. The van der Waals surface area contributed by atoms with Crippen molar-refractivity contribution in [2.75, 3.05) is 17.7 Å². The zero-order chi connectivity index (χ0) is 24.1. The molecule has 1 aromatic heterocycles. The van der Waals surface area contributed by atoms with Gasteiger partial charge in [-0.2, -0.15) is 5.26 Å². The Balaban J connectivity index is 1.39. The van der Waals surface area contributed by atoms with Gasteiger partial charge in [-0.1, -0.05) is 6.07 Å². The van der Waals surface area contributed by atoms with Crippen molar-refractivity contribution in [1.82, 2.24) is 0 Å². The highest BCUT2D eigenvalue weighted by Crippen LogP contribution is 2.38. The Kier molecular flexibility index (Phi) is 7.56. The summed E-state index contributed by atoms with van der Waals surface area (Å²) in [6.45, 7) is 1.84. The number of hydrogen-bond donors (Lipinski definition) is 2. The topological polar surface area (TPSA) is 91.2 Å². The van der Waals surface area contributed by atoms with Crippen LogP contribution < -0.4 is 15.4 Å². The highest BCUT2D eigenvalue weighted by atomic mass is 32.2. The maximum Gasteiger partial charge on any atom is 0.255 e. The molecule has 6 nitrogen and oxygen atoms in total. The molecule has 0 aliphatic heterocycles.